The fourth-order valence-corrected chi connectivity index (χ4v) is 8.49. The summed E-state index contributed by atoms with van der Waals surface area (Å²) in [5, 5.41) is 13.4. The van der Waals surface area contributed by atoms with E-state index < -0.39 is 18.9 Å². The number of hydrogen-bond donors (Lipinski definition) is 1. The molecular weight excluding hydrogens is 499 g/mol. The molecule has 0 aliphatic heterocycles. The van der Waals surface area contributed by atoms with Crippen LogP contribution in [0.2, 0.25) is 0 Å². The monoisotopic (exact) mass is 532 g/mol. The van der Waals surface area contributed by atoms with Crippen LogP contribution in [0.5, 0.6) is 0 Å². The minimum Gasteiger partial charge on any atom is -0.388 e. The van der Waals surface area contributed by atoms with Crippen LogP contribution >= 0.6 is 7.14 Å². The van der Waals surface area contributed by atoms with Gasteiger partial charge >= 0.3 is 0 Å². The highest BCUT2D eigenvalue weighted by Crippen LogP contribution is 2.56. The van der Waals surface area contributed by atoms with Crippen molar-refractivity contribution in [3.8, 4) is 0 Å². The Morgan fingerprint density at radius 3 is 1.46 bits per heavy atom. The Morgan fingerprint density at radius 2 is 0.974 bits per heavy atom. The van der Waals surface area contributed by atoms with Crippen LogP contribution in [0.15, 0.2) is 152 Å². The van der Waals surface area contributed by atoms with E-state index in [0.717, 1.165) is 27.3 Å². The molecule has 5 aromatic rings. The second-order valence-corrected chi connectivity index (χ2v) is 12.7. The van der Waals surface area contributed by atoms with Crippen molar-refractivity contribution in [1.29, 1.82) is 0 Å². The summed E-state index contributed by atoms with van der Waals surface area (Å²) in [5.41, 5.74) is 2.16. The van der Waals surface area contributed by atoms with Crippen LogP contribution in [0.4, 0.5) is 0 Å². The second-order valence-electron chi connectivity index (χ2n) is 9.68. The number of benzene rings is 5. The fourth-order valence-electron chi connectivity index (χ4n) is 5.14. The minimum absolute atomic E-state index is 0.369. The Kier molecular flexibility index (Phi) is 8.85. The molecule has 0 aliphatic carbocycles. The third-order valence-electron chi connectivity index (χ3n) is 7.17. The second kappa shape index (κ2) is 12.9. The van der Waals surface area contributed by atoms with E-state index in [4.69, 9.17) is 4.74 Å². The van der Waals surface area contributed by atoms with Crippen molar-refractivity contribution in [3.63, 3.8) is 0 Å². The van der Waals surface area contributed by atoms with Crippen LogP contribution in [0.3, 0.4) is 0 Å². The van der Waals surface area contributed by atoms with Crippen LogP contribution in [0.1, 0.15) is 35.3 Å². The molecule has 4 heteroatoms. The summed E-state index contributed by atoms with van der Waals surface area (Å²) < 4.78 is 22.1. The summed E-state index contributed by atoms with van der Waals surface area (Å²) in [4.78, 5) is 0. The molecule has 0 saturated heterocycles. The molecule has 3 nitrogen and oxygen atoms in total. The highest BCUT2D eigenvalue weighted by molar-refractivity contribution is 7.79. The van der Waals surface area contributed by atoms with E-state index in [-0.39, 0.29) is 6.10 Å². The number of aliphatic hydroxyl groups is 1. The SMILES string of the molecule is O=P(c1ccccc1)(c1ccccc1)[C@@H](C[C@H](OCc1ccccc1)c1ccccc1)[C@H](O)c1ccccc1. The lowest BCUT2D eigenvalue weighted by molar-refractivity contribution is 0.0236. The van der Waals surface area contributed by atoms with Crippen LogP contribution < -0.4 is 10.6 Å². The van der Waals surface area contributed by atoms with E-state index in [9.17, 15) is 5.11 Å². The Morgan fingerprint density at radius 1 is 0.564 bits per heavy atom. The molecule has 0 unspecified atom stereocenters. The molecule has 0 amide bonds. The Hall–Kier alpha value is -3.75. The molecule has 0 spiro atoms. The maximum atomic E-state index is 15.6. The number of rotatable bonds is 11. The molecule has 5 rings (SSSR count). The minimum atomic E-state index is -3.36. The van der Waals surface area contributed by atoms with Crippen molar-refractivity contribution in [3.05, 3.63) is 168 Å². The standard InChI is InChI=1S/C35H33O3P/c36-35(30-20-10-3-11-21-30)34(39(37,31-22-12-4-13-23-31)32-24-14-5-15-25-32)26-33(29-18-8-2-9-19-29)38-27-28-16-6-1-7-17-28/h1-25,33-36H,26-27H2/t33-,34-,35+/m0/s1. The summed E-state index contributed by atoms with van der Waals surface area (Å²) in [7, 11) is -3.36. The largest absolute Gasteiger partial charge is 0.388 e. The molecule has 196 valence electrons. The number of hydrogen-bond acceptors (Lipinski definition) is 3. The molecule has 0 saturated carbocycles. The zero-order valence-electron chi connectivity index (χ0n) is 21.8. The van der Waals surface area contributed by atoms with Gasteiger partial charge in [-0.2, -0.15) is 0 Å². The molecule has 3 atom stereocenters. The average molecular weight is 533 g/mol. The molecule has 0 aromatic heterocycles. The first-order chi connectivity index (χ1) is 19.2. The van der Waals surface area contributed by atoms with Crippen molar-refractivity contribution >= 4 is 17.8 Å². The van der Waals surface area contributed by atoms with Gasteiger partial charge < -0.3 is 14.4 Å². The van der Waals surface area contributed by atoms with Gasteiger partial charge in [-0.3, -0.25) is 0 Å². The summed E-state index contributed by atoms with van der Waals surface area (Å²) in [5.74, 6) is 0. The van der Waals surface area contributed by atoms with Crippen molar-refractivity contribution in [2.24, 2.45) is 0 Å². The van der Waals surface area contributed by atoms with Crippen molar-refractivity contribution in [1.82, 2.24) is 0 Å². The lowest BCUT2D eigenvalue weighted by Crippen LogP contribution is -2.32. The van der Waals surface area contributed by atoms with Gasteiger partial charge in [-0.05, 0) is 23.1 Å². The lowest BCUT2D eigenvalue weighted by atomic mass is 9.98. The van der Waals surface area contributed by atoms with E-state index in [2.05, 4.69) is 0 Å². The van der Waals surface area contributed by atoms with E-state index in [1.165, 1.54) is 0 Å². The molecule has 0 radical (unpaired) electrons. The van der Waals surface area contributed by atoms with E-state index >= 15 is 4.57 Å². The van der Waals surface area contributed by atoms with Gasteiger partial charge in [0.15, 0.2) is 0 Å². The summed E-state index contributed by atoms with van der Waals surface area (Å²) >= 11 is 0. The molecule has 39 heavy (non-hydrogen) atoms. The average Bonchev–Trinajstić information content (AvgIpc) is 3.03. The van der Waals surface area contributed by atoms with Crippen molar-refractivity contribution < 1.29 is 14.4 Å². The van der Waals surface area contributed by atoms with Gasteiger partial charge in [0, 0.05) is 10.6 Å². The predicted octanol–water partition coefficient (Wildman–Crippen LogP) is 7.45. The van der Waals surface area contributed by atoms with Crippen LogP contribution in [-0.4, -0.2) is 10.8 Å². The molecule has 1 N–H and O–H groups in total. The van der Waals surface area contributed by atoms with Crippen molar-refractivity contribution in [2.45, 2.75) is 30.9 Å². The summed E-state index contributed by atoms with van der Waals surface area (Å²) in [6.07, 6.45) is -0.979. The maximum absolute atomic E-state index is 15.6. The topological polar surface area (TPSA) is 46.5 Å². The van der Waals surface area contributed by atoms with Gasteiger partial charge in [0.2, 0.25) is 0 Å². The summed E-state index contributed by atoms with van der Waals surface area (Å²) in [6.45, 7) is 0.412. The first-order valence-corrected chi connectivity index (χ1v) is 15.1. The van der Waals surface area contributed by atoms with Crippen LogP contribution in [-0.2, 0) is 15.9 Å². The zero-order valence-corrected chi connectivity index (χ0v) is 22.7. The molecule has 0 aliphatic rings. The third-order valence-corrected chi connectivity index (χ3v) is 10.7. The highest BCUT2D eigenvalue weighted by atomic mass is 31.2. The van der Waals surface area contributed by atoms with Crippen molar-refractivity contribution in [2.75, 3.05) is 0 Å². The van der Waals surface area contributed by atoms with Crippen LogP contribution in [0, 0.1) is 0 Å². The molecule has 0 bridgehead atoms. The van der Waals surface area contributed by atoms with Gasteiger partial charge in [0.1, 0.15) is 7.14 Å². The maximum Gasteiger partial charge on any atom is 0.149 e. The Balaban J connectivity index is 1.62. The predicted molar refractivity (Wildman–Crippen MR) is 160 cm³/mol. The van der Waals surface area contributed by atoms with Crippen LogP contribution in [0.25, 0.3) is 0 Å². The number of ether oxygens (including phenoxy) is 1. The fraction of sp³-hybridized carbons (Fsp3) is 0.143. The van der Waals surface area contributed by atoms with Gasteiger partial charge in [0.25, 0.3) is 0 Å². The Bertz CT molecular complexity index is 1420. The Labute approximate surface area is 231 Å². The quantitative estimate of drug-likeness (QED) is 0.180. The van der Waals surface area contributed by atoms with Gasteiger partial charge in [-0.15, -0.1) is 0 Å². The van der Waals surface area contributed by atoms with E-state index in [0.29, 0.717) is 13.0 Å². The third kappa shape index (κ3) is 6.29. The zero-order chi connectivity index (χ0) is 26.9. The van der Waals surface area contributed by atoms with Gasteiger partial charge in [0.05, 0.1) is 24.5 Å². The molecular formula is C35H33O3P. The molecule has 5 aromatic carbocycles. The van der Waals surface area contributed by atoms with Gasteiger partial charge in [-0.1, -0.05) is 152 Å². The first-order valence-electron chi connectivity index (χ1n) is 13.3. The van der Waals surface area contributed by atoms with Gasteiger partial charge in [-0.25, -0.2) is 0 Å². The normalized spacial score (nSPS) is 13.9. The smallest absolute Gasteiger partial charge is 0.149 e. The summed E-state index contributed by atoms with van der Waals surface area (Å²) in [6, 6.07) is 48.8. The molecule has 0 heterocycles. The van der Waals surface area contributed by atoms with E-state index in [1.807, 2.05) is 152 Å². The highest BCUT2D eigenvalue weighted by Gasteiger charge is 2.43. The lowest BCUT2D eigenvalue weighted by Gasteiger charge is -2.35. The molecule has 0 fully saturated rings. The van der Waals surface area contributed by atoms with E-state index in [1.54, 1.807) is 0 Å². The number of aliphatic hydroxyl groups excluding tert-OH is 1. The first kappa shape index (κ1) is 26.8.